The summed E-state index contributed by atoms with van der Waals surface area (Å²) in [7, 11) is 0. The number of aromatic carboxylic acids is 1. The van der Waals surface area contributed by atoms with Crippen LogP contribution in [0, 0.1) is 6.92 Å². The molecule has 0 spiro atoms. The molecular formula is C13H18N4O4. The van der Waals surface area contributed by atoms with Gasteiger partial charge in [0, 0.05) is 18.8 Å². The highest BCUT2D eigenvalue weighted by Gasteiger charge is 2.19. The van der Waals surface area contributed by atoms with Gasteiger partial charge in [-0.3, -0.25) is 4.79 Å². The van der Waals surface area contributed by atoms with Crippen molar-refractivity contribution in [3.8, 4) is 0 Å². The number of amides is 3. The van der Waals surface area contributed by atoms with Crippen LogP contribution < -0.4 is 10.6 Å². The summed E-state index contributed by atoms with van der Waals surface area (Å²) in [5.41, 5.74) is 0.704. The smallest absolute Gasteiger partial charge is 0.354 e. The van der Waals surface area contributed by atoms with Gasteiger partial charge in [-0.1, -0.05) is 0 Å². The minimum atomic E-state index is -1.16. The van der Waals surface area contributed by atoms with E-state index in [1.807, 2.05) is 0 Å². The lowest BCUT2D eigenvalue weighted by atomic mass is 10.3. The van der Waals surface area contributed by atoms with Gasteiger partial charge in [-0.05, 0) is 25.8 Å². The Morgan fingerprint density at radius 3 is 2.62 bits per heavy atom. The fourth-order valence-corrected chi connectivity index (χ4v) is 2.26. The summed E-state index contributed by atoms with van der Waals surface area (Å²) in [5, 5.41) is 13.9. The Hall–Kier alpha value is -2.51. The number of carbonyl (C=O) groups is 3. The van der Waals surface area contributed by atoms with Gasteiger partial charge in [-0.2, -0.15) is 0 Å². The van der Waals surface area contributed by atoms with E-state index in [1.165, 1.54) is 6.07 Å². The average molecular weight is 294 g/mol. The molecule has 114 valence electrons. The molecule has 1 aromatic heterocycles. The van der Waals surface area contributed by atoms with Crippen molar-refractivity contribution in [1.29, 1.82) is 0 Å². The molecule has 0 radical (unpaired) electrons. The van der Waals surface area contributed by atoms with Crippen LogP contribution >= 0.6 is 0 Å². The second-order valence-electron chi connectivity index (χ2n) is 4.94. The van der Waals surface area contributed by atoms with Crippen LogP contribution in [0.15, 0.2) is 6.07 Å². The first-order valence-electron chi connectivity index (χ1n) is 6.73. The number of H-pyrrole nitrogens is 1. The maximum absolute atomic E-state index is 11.8. The summed E-state index contributed by atoms with van der Waals surface area (Å²) in [6, 6.07) is 0.912. The minimum absolute atomic E-state index is 0.0893. The molecule has 1 aliphatic rings. The molecule has 4 N–H and O–H groups in total. The van der Waals surface area contributed by atoms with E-state index in [9.17, 15) is 14.4 Å². The largest absolute Gasteiger partial charge is 0.477 e. The third kappa shape index (κ3) is 3.74. The maximum atomic E-state index is 11.8. The molecule has 1 aromatic rings. The summed E-state index contributed by atoms with van der Waals surface area (Å²) >= 11 is 0. The third-order valence-electron chi connectivity index (χ3n) is 3.27. The maximum Gasteiger partial charge on any atom is 0.354 e. The first-order chi connectivity index (χ1) is 9.97. The fraction of sp³-hybridized carbons (Fsp3) is 0.462. The Balaban J connectivity index is 1.87. The highest BCUT2D eigenvalue weighted by atomic mass is 16.4. The molecule has 0 atom stereocenters. The van der Waals surface area contributed by atoms with Gasteiger partial charge in [0.25, 0.3) is 0 Å². The number of hydrogen-bond donors (Lipinski definition) is 4. The molecule has 0 saturated carbocycles. The van der Waals surface area contributed by atoms with Crippen molar-refractivity contribution in [3.05, 3.63) is 17.5 Å². The molecule has 1 saturated heterocycles. The van der Waals surface area contributed by atoms with Gasteiger partial charge >= 0.3 is 12.0 Å². The second kappa shape index (κ2) is 6.29. The normalized spacial score (nSPS) is 14.0. The van der Waals surface area contributed by atoms with Gasteiger partial charge in [0.05, 0.1) is 12.2 Å². The molecule has 21 heavy (non-hydrogen) atoms. The molecule has 0 unspecified atom stereocenters. The Labute approximate surface area is 121 Å². The SMILES string of the molecule is Cc1cc(NC(=O)NCC(=O)N2CCCC2)c(C(=O)O)[nH]1. The molecule has 0 aliphatic carbocycles. The molecule has 8 heteroatoms. The number of urea groups is 1. The van der Waals surface area contributed by atoms with Crippen molar-refractivity contribution >= 4 is 23.6 Å². The lowest BCUT2D eigenvalue weighted by molar-refractivity contribution is -0.128. The van der Waals surface area contributed by atoms with Crippen LogP contribution in [0.5, 0.6) is 0 Å². The van der Waals surface area contributed by atoms with Crippen LogP contribution in [0.25, 0.3) is 0 Å². The first-order valence-corrected chi connectivity index (χ1v) is 6.73. The standard InChI is InChI=1S/C13H18N4O4/c1-8-6-9(11(15-8)12(19)20)16-13(21)14-7-10(18)17-4-2-3-5-17/h6,15H,2-5,7H2,1H3,(H,19,20)(H2,14,16,21). The fourth-order valence-electron chi connectivity index (χ4n) is 2.26. The number of carboxylic acids is 1. The van der Waals surface area contributed by atoms with Crippen molar-refractivity contribution < 1.29 is 19.5 Å². The first kappa shape index (κ1) is 14.9. The van der Waals surface area contributed by atoms with Crippen LogP contribution in [0.2, 0.25) is 0 Å². The van der Waals surface area contributed by atoms with Crippen molar-refractivity contribution in [1.82, 2.24) is 15.2 Å². The van der Waals surface area contributed by atoms with Gasteiger partial charge < -0.3 is 25.6 Å². The Kier molecular flexibility index (Phi) is 4.46. The lowest BCUT2D eigenvalue weighted by Gasteiger charge is -2.15. The van der Waals surface area contributed by atoms with E-state index >= 15 is 0 Å². The van der Waals surface area contributed by atoms with E-state index in [0.717, 1.165) is 25.9 Å². The Morgan fingerprint density at radius 1 is 1.33 bits per heavy atom. The summed E-state index contributed by atoms with van der Waals surface area (Å²) < 4.78 is 0. The molecule has 2 rings (SSSR count). The lowest BCUT2D eigenvalue weighted by Crippen LogP contribution is -2.40. The number of rotatable bonds is 4. The topological polar surface area (TPSA) is 115 Å². The van der Waals surface area contributed by atoms with E-state index in [2.05, 4.69) is 15.6 Å². The average Bonchev–Trinajstić information content (AvgIpc) is 3.05. The number of carbonyl (C=O) groups excluding carboxylic acids is 2. The van der Waals surface area contributed by atoms with Crippen LogP contribution in [0.1, 0.15) is 29.0 Å². The number of aromatic amines is 1. The van der Waals surface area contributed by atoms with Crippen molar-refractivity contribution in [2.24, 2.45) is 0 Å². The number of anilines is 1. The molecule has 8 nitrogen and oxygen atoms in total. The number of aryl methyl sites for hydroxylation is 1. The van der Waals surface area contributed by atoms with Crippen molar-refractivity contribution in [2.75, 3.05) is 25.0 Å². The number of likely N-dealkylation sites (tertiary alicyclic amines) is 1. The van der Waals surface area contributed by atoms with Crippen LogP contribution in [-0.2, 0) is 4.79 Å². The summed E-state index contributed by atoms with van der Waals surface area (Å²) in [6.07, 6.45) is 1.98. The molecular weight excluding hydrogens is 276 g/mol. The van der Waals surface area contributed by atoms with Crippen molar-refractivity contribution in [2.45, 2.75) is 19.8 Å². The van der Waals surface area contributed by atoms with Gasteiger partial charge in [-0.25, -0.2) is 9.59 Å². The molecule has 1 fully saturated rings. The highest BCUT2D eigenvalue weighted by Crippen LogP contribution is 2.16. The minimum Gasteiger partial charge on any atom is -0.477 e. The number of nitrogens with one attached hydrogen (secondary N) is 3. The molecule has 1 aliphatic heterocycles. The van der Waals surface area contributed by atoms with Gasteiger partial charge in [0.1, 0.15) is 5.69 Å². The predicted molar refractivity (Wildman–Crippen MR) is 75.3 cm³/mol. The number of aromatic nitrogens is 1. The Bertz CT molecular complexity index is 561. The highest BCUT2D eigenvalue weighted by molar-refractivity contribution is 5.99. The second-order valence-corrected chi connectivity index (χ2v) is 4.94. The molecule has 2 heterocycles. The van der Waals surface area contributed by atoms with E-state index in [0.29, 0.717) is 5.69 Å². The van der Waals surface area contributed by atoms with Crippen LogP contribution in [-0.4, -0.2) is 52.5 Å². The third-order valence-corrected chi connectivity index (χ3v) is 3.27. The monoisotopic (exact) mass is 294 g/mol. The van der Waals surface area contributed by atoms with E-state index in [1.54, 1.807) is 11.8 Å². The molecule has 0 bridgehead atoms. The summed E-state index contributed by atoms with van der Waals surface area (Å²) in [4.78, 5) is 38.8. The zero-order valence-corrected chi connectivity index (χ0v) is 11.7. The summed E-state index contributed by atoms with van der Waals surface area (Å²) in [6.45, 7) is 3.04. The summed E-state index contributed by atoms with van der Waals surface area (Å²) in [5.74, 6) is -1.29. The van der Waals surface area contributed by atoms with Crippen LogP contribution in [0.3, 0.4) is 0 Å². The van der Waals surface area contributed by atoms with E-state index in [4.69, 9.17) is 5.11 Å². The number of carboxylic acid groups (broad SMARTS) is 1. The van der Waals surface area contributed by atoms with Crippen LogP contribution in [0.4, 0.5) is 10.5 Å². The van der Waals surface area contributed by atoms with E-state index in [-0.39, 0.29) is 23.8 Å². The predicted octanol–water partition coefficient (Wildman–Crippen LogP) is 0.765. The zero-order chi connectivity index (χ0) is 15.4. The van der Waals surface area contributed by atoms with Gasteiger partial charge in [-0.15, -0.1) is 0 Å². The number of nitrogens with zero attached hydrogens (tertiary/aromatic N) is 1. The quantitative estimate of drug-likeness (QED) is 0.656. The van der Waals surface area contributed by atoms with Gasteiger partial charge in [0.15, 0.2) is 0 Å². The molecule has 0 aromatic carbocycles. The Morgan fingerprint density at radius 2 is 2.00 bits per heavy atom. The van der Waals surface area contributed by atoms with Crippen molar-refractivity contribution in [3.63, 3.8) is 0 Å². The van der Waals surface area contributed by atoms with E-state index < -0.39 is 12.0 Å². The zero-order valence-electron chi connectivity index (χ0n) is 11.7. The van der Waals surface area contributed by atoms with Gasteiger partial charge in [0.2, 0.25) is 5.91 Å². The number of hydrogen-bond acceptors (Lipinski definition) is 3. The molecule has 3 amide bonds.